The van der Waals surface area contributed by atoms with Crippen molar-refractivity contribution in [3.63, 3.8) is 0 Å². The maximum atomic E-state index is 12.2. The van der Waals surface area contributed by atoms with Gasteiger partial charge in [0.25, 0.3) is 0 Å². The van der Waals surface area contributed by atoms with Gasteiger partial charge in [0.2, 0.25) is 0 Å². The van der Waals surface area contributed by atoms with Gasteiger partial charge in [0, 0.05) is 12.3 Å². The van der Waals surface area contributed by atoms with Crippen LogP contribution in [0.2, 0.25) is 0 Å². The summed E-state index contributed by atoms with van der Waals surface area (Å²) < 4.78 is 23.4. The quantitative estimate of drug-likeness (QED) is 0.361. The first-order valence-electron chi connectivity index (χ1n) is 7.74. The minimum atomic E-state index is -0.730. The highest BCUT2D eigenvalue weighted by atomic mass is 127. The van der Waals surface area contributed by atoms with Crippen molar-refractivity contribution in [1.29, 1.82) is 0 Å². The van der Waals surface area contributed by atoms with Crippen LogP contribution in [0.5, 0.6) is 0 Å². The Balaban J connectivity index is 2.06. The van der Waals surface area contributed by atoms with Crippen LogP contribution < -0.4 is 0 Å². The van der Waals surface area contributed by atoms with E-state index in [1.807, 2.05) is 26.8 Å². The number of carbonyl (C=O) groups excluding carboxylic acids is 2. The van der Waals surface area contributed by atoms with Gasteiger partial charge in [0.1, 0.15) is 18.3 Å². The standard InChI is InChI=1S/C16H23IO6/c1-5-20-13(19)8-10(18)7-11-12(6-9(2)17)21-15-14(11)22-16(3,4)23-15/h6,11-12,14-15H,5,7-8H2,1-4H3/b9-6-/t11-,12-,14-,15-/m1/s1. The molecule has 2 fully saturated rings. The third kappa shape index (κ3) is 4.98. The van der Waals surface area contributed by atoms with Crippen molar-refractivity contribution in [1.82, 2.24) is 0 Å². The maximum Gasteiger partial charge on any atom is 0.313 e. The van der Waals surface area contributed by atoms with Crippen molar-refractivity contribution in [2.45, 2.75) is 64.8 Å². The molecule has 0 aromatic heterocycles. The average molecular weight is 438 g/mol. The van der Waals surface area contributed by atoms with Crippen molar-refractivity contribution in [2.24, 2.45) is 5.92 Å². The van der Waals surface area contributed by atoms with Gasteiger partial charge < -0.3 is 18.9 Å². The number of carbonyl (C=O) groups is 2. The van der Waals surface area contributed by atoms with Crippen LogP contribution in [-0.2, 0) is 28.5 Å². The first-order chi connectivity index (χ1) is 10.7. The van der Waals surface area contributed by atoms with Crippen molar-refractivity contribution < 1.29 is 28.5 Å². The minimum absolute atomic E-state index is 0.171. The van der Waals surface area contributed by atoms with Gasteiger partial charge in [0.15, 0.2) is 12.1 Å². The van der Waals surface area contributed by atoms with Crippen LogP contribution in [0.25, 0.3) is 0 Å². The number of fused-ring (bicyclic) bond motifs is 1. The lowest BCUT2D eigenvalue weighted by Gasteiger charge is -2.24. The Hall–Kier alpha value is -0.510. The van der Waals surface area contributed by atoms with Crippen LogP contribution >= 0.6 is 22.6 Å². The molecule has 2 aliphatic rings. The smallest absolute Gasteiger partial charge is 0.313 e. The molecule has 0 bridgehead atoms. The number of ketones is 1. The van der Waals surface area contributed by atoms with Gasteiger partial charge in [-0.1, -0.05) is 0 Å². The molecule has 23 heavy (non-hydrogen) atoms. The summed E-state index contributed by atoms with van der Waals surface area (Å²) in [5, 5.41) is 0. The molecular formula is C16H23IO6. The van der Waals surface area contributed by atoms with E-state index < -0.39 is 18.0 Å². The second kappa shape index (κ2) is 7.58. The Labute approximate surface area is 150 Å². The topological polar surface area (TPSA) is 71.1 Å². The third-order valence-electron chi connectivity index (χ3n) is 3.73. The number of ether oxygens (including phenoxy) is 4. The van der Waals surface area contributed by atoms with Crippen LogP contribution in [0.4, 0.5) is 0 Å². The fraction of sp³-hybridized carbons (Fsp3) is 0.750. The predicted molar refractivity (Wildman–Crippen MR) is 90.8 cm³/mol. The number of hydrogen-bond donors (Lipinski definition) is 0. The Morgan fingerprint density at radius 3 is 2.61 bits per heavy atom. The number of hydrogen-bond acceptors (Lipinski definition) is 6. The highest BCUT2D eigenvalue weighted by Crippen LogP contribution is 2.43. The zero-order valence-electron chi connectivity index (χ0n) is 13.8. The van der Waals surface area contributed by atoms with Crippen LogP contribution in [0, 0.1) is 5.92 Å². The van der Waals surface area contributed by atoms with Crippen molar-refractivity contribution in [3.05, 3.63) is 9.66 Å². The first-order valence-corrected chi connectivity index (χ1v) is 8.82. The third-order valence-corrected chi connectivity index (χ3v) is 4.09. The van der Waals surface area contributed by atoms with E-state index in [0.717, 1.165) is 3.58 Å². The van der Waals surface area contributed by atoms with E-state index in [0.29, 0.717) is 0 Å². The first kappa shape index (κ1) is 18.8. The normalized spacial score (nSPS) is 32.7. The Kier molecular flexibility index (Phi) is 6.21. The van der Waals surface area contributed by atoms with Gasteiger partial charge in [-0.2, -0.15) is 0 Å². The molecule has 2 saturated heterocycles. The largest absolute Gasteiger partial charge is 0.466 e. The molecule has 2 aliphatic heterocycles. The highest BCUT2D eigenvalue weighted by Gasteiger charge is 2.54. The van der Waals surface area contributed by atoms with E-state index in [9.17, 15) is 9.59 Å². The summed E-state index contributed by atoms with van der Waals surface area (Å²) in [5.74, 6) is -1.57. The lowest BCUT2D eigenvalue weighted by Crippen LogP contribution is -2.31. The average Bonchev–Trinajstić information content (AvgIpc) is 2.83. The Morgan fingerprint density at radius 1 is 1.30 bits per heavy atom. The number of allylic oxidation sites excluding steroid dienone is 1. The van der Waals surface area contributed by atoms with Crippen LogP contribution in [0.1, 0.15) is 40.5 Å². The van der Waals surface area contributed by atoms with Crippen LogP contribution in [0.3, 0.4) is 0 Å². The SMILES string of the molecule is CCOC(=O)CC(=O)C[C@H]1[C@H]2OC(C)(C)O[C@H]2O[C@@H]1/C=C(/C)I. The van der Waals surface area contributed by atoms with Gasteiger partial charge >= 0.3 is 5.97 Å². The second-order valence-electron chi connectivity index (χ2n) is 6.21. The number of halogens is 1. The van der Waals surface area contributed by atoms with Gasteiger partial charge in [-0.25, -0.2) is 0 Å². The molecule has 0 spiro atoms. The molecule has 0 saturated carbocycles. The molecule has 0 amide bonds. The maximum absolute atomic E-state index is 12.2. The van der Waals surface area contributed by atoms with Gasteiger partial charge in [-0.15, -0.1) is 0 Å². The van der Waals surface area contributed by atoms with Crippen LogP contribution in [0.15, 0.2) is 9.66 Å². The van der Waals surface area contributed by atoms with E-state index >= 15 is 0 Å². The lowest BCUT2D eigenvalue weighted by atomic mass is 9.91. The van der Waals surface area contributed by atoms with E-state index in [4.69, 9.17) is 18.9 Å². The van der Waals surface area contributed by atoms with Gasteiger partial charge in [-0.3, -0.25) is 9.59 Å². The van der Waals surface area contributed by atoms with Crippen molar-refractivity contribution >= 4 is 34.3 Å². The van der Waals surface area contributed by atoms with Crippen molar-refractivity contribution in [3.8, 4) is 0 Å². The molecule has 0 radical (unpaired) electrons. The summed E-state index contributed by atoms with van der Waals surface area (Å²) in [4.78, 5) is 23.7. The fourth-order valence-corrected chi connectivity index (χ4v) is 3.28. The zero-order chi connectivity index (χ0) is 17.2. The summed E-state index contributed by atoms with van der Waals surface area (Å²) >= 11 is 2.20. The Morgan fingerprint density at radius 2 is 2.00 bits per heavy atom. The zero-order valence-corrected chi connectivity index (χ0v) is 16.0. The Bertz CT molecular complexity index is 497. The molecule has 6 nitrogen and oxygen atoms in total. The van der Waals surface area contributed by atoms with Gasteiger partial charge in [0.05, 0.1) is 12.7 Å². The molecule has 2 rings (SSSR count). The molecule has 4 atom stereocenters. The van der Waals surface area contributed by atoms with E-state index in [1.54, 1.807) is 6.92 Å². The fourth-order valence-electron chi connectivity index (χ4n) is 2.92. The molecule has 0 N–H and O–H groups in total. The number of Topliss-reactive ketones (excluding diaryl/α,β-unsaturated/α-hetero) is 1. The molecule has 130 valence electrons. The number of esters is 1. The summed E-state index contributed by atoms with van der Waals surface area (Å²) in [6.07, 6.45) is 0.886. The molecular weight excluding hydrogens is 415 g/mol. The molecule has 7 heteroatoms. The lowest BCUT2D eigenvalue weighted by molar-refractivity contribution is -0.205. The van der Waals surface area contributed by atoms with E-state index in [-0.39, 0.29) is 43.4 Å². The summed E-state index contributed by atoms with van der Waals surface area (Å²) in [7, 11) is 0. The monoisotopic (exact) mass is 438 g/mol. The minimum Gasteiger partial charge on any atom is -0.466 e. The second-order valence-corrected chi connectivity index (χ2v) is 7.91. The molecule has 0 aromatic rings. The molecule has 0 aliphatic carbocycles. The number of rotatable bonds is 6. The van der Waals surface area contributed by atoms with Crippen LogP contribution in [-0.4, -0.2) is 42.6 Å². The summed E-state index contributed by atoms with van der Waals surface area (Å²) in [6.45, 7) is 7.59. The summed E-state index contributed by atoms with van der Waals surface area (Å²) in [5.41, 5.74) is 0. The summed E-state index contributed by atoms with van der Waals surface area (Å²) in [6, 6.07) is 0. The molecule has 2 heterocycles. The van der Waals surface area contributed by atoms with Crippen molar-refractivity contribution in [2.75, 3.05) is 6.61 Å². The highest BCUT2D eigenvalue weighted by molar-refractivity contribution is 14.1. The molecule has 0 unspecified atom stereocenters. The molecule has 0 aromatic carbocycles. The predicted octanol–water partition coefficient (Wildman–Crippen LogP) is 2.73. The van der Waals surface area contributed by atoms with E-state index in [1.165, 1.54) is 0 Å². The van der Waals surface area contributed by atoms with Gasteiger partial charge in [-0.05, 0) is 59.9 Å². The van der Waals surface area contributed by atoms with E-state index in [2.05, 4.69) is 22.6 Å².